The van der Waals surface area contributed by atoms with Crippen LogP contribution in [0.5, 0.6) is 5.75 Å². The second-order valence-electron chi connectivity index (χ2n) is 6.60. The smallest absolute Gasteiger partial charge is 0.332 e. The summed E-state index contributed by atoms with van der Waals surface area (Å²) < 4.78 is 9.64. The van der Waals surface area contributed by atoms with E-state index >= 15 is 0 Å². The fourth-order valence-electron chi connectivity index (χ4n) is 3.31. The average molecular weight is 368 g/mol. The van der Waals surface area contributed by atoms with E-state index in [2.05, 4.69) is 15.5 Å². The van der Waals surface area contributed by atoms with Crippen molar-refractivity contribution in [3.8, 4) is 5.75 Å². The second kappa shape index (κ2) is 6.11. The van der Waals surface area contributed by atoms with Crippen LogP contribution in [0.25, 0.3) is 11.2 Å². The number of imidazole rings is 1. The molecule has 1 atom stereocenters. The van der Waals surface area contributed by atoms with Gasteiger partial charge in [0.05, 0.1) is 25.4 Å². The van der Waals surface area contributed by atoms with E-state index in [9.17, 15) is 9.59 Å². The van der Waals surface area contributed by atoms with Crippen LogP contribution in [-0.2, 0) is 13.6 Å². The van der Waals surface area contributed by atoms with Crippen molar-refractivity contribution in [3.63, 3.8) is 0 Å². The van der Waals surface area contributed by atoms with Crippen molar-refractivity contribution >= 4 is 22.8 Å². The minimum atomic E-state index is -0.420. The number of nitrogens with one attached hydrogen (secondary N) is 1. The van der Waals surface area contributed by atoms with Crippen LogP contribution in [0.4, 0.5) is 5.95 Å². The minimum absolute atomic E-state index is 0.137. The van der Waals surface area contributed by atoms with Gasteiger partial charge in [0, 0.05) is 7.05 Å². The Bertz CT molecular complexity index is 1200. The number of anilines is 1. The average Bonchev–Trinajstić information content (AvgIpc) is 3.07. The van der Waals surface area contributed by atoms with Gasteiger partial charge in [0.1, 0.15) is 5.75 Å². The molecule has 27 heavy (non-hydrogen) atoms. The Balaban J connectivity index is 1.95. The third kappa shape index (κ3) is 2.54. The fraction of sp³-hybridized carbons (Fsp3) is 0.333. The van der Waals surface area contributed by atoms with Gasteiger partial charge >= 0.3 is 5.69 Å². The normalized spacial score (nSPS) is 16.0. The Morgan fingerprint density at radius 3 is 2.81 bits per heavy atom. The number of hydrogen-bond acceptors (Lipinski definition) is 6. The summed E-state index contributed by atoms with van der Waals surface area (Å²) in [5, 5.41) is 4.21. The van der Waals surface area contributed by atoms with Gasteiger partial charge in [-0.05, 0) is 31.5 Å². The Morgan fingerprint density at radius 1 is 1.30 bits per heavy atom. The molecule has 0 bridgehead atoms. The van der Waals surface area contributed by atoms with Crippen molar-refractivity contribution in [2.24, 2.45) is 12.1 Å². The number of rotatable bonds is 3. The lowest BCUT2D eigenvalue weighted by atomic mass is 10.2. The van der Waals surface area contributed by atoms with Gasteiger partial charge in [-0.25, -0.2) is 10.2 Å². The summed E-state index contributed by atoms with van der Waals surface area (Å²) in [4.78, 5) is 30.5. The van der Waals surface area contributed by atoms with E-state index < -0.39 is 5.69 Å². The molecule has 3 aromatic rings. The quantitative estimate of drug-likeness (QED) is 0.752. The van der Waals surface area contributed by atoms with E-state index in [-0.39, 0.29) is 18.1 Å². The number of hydrogen-bond donors (Lipinski definition) is 1. The first-order valence-corrected chi connectivity index (χ1v) is 8.57. The van der Waals surface area contributed by atoms with Gasteiger partial charge in [0.2, 0.25) is 5.95 Å². The van der Waals surface area contributed by atoms with Crippen LogP contribution in [0.1, 0.15) is 25.5 Å². The maximum Gasteiger partial charge on any atom is 0.332 e. The van der Waals surface area contributed by atoms with Gasteiger partial charge in [-0.2, -0.15) is 10.1 Å². The molecule has 9 nitrogen and oxygen atoms in total. The maximum absolute atomic E-state index is 13.2. The SMILES string of the molecule is COc1cccc(Cn2c(=O)c3c(nc4n3C(C)C(C)=NN4)n(C)c2=O)c1. The number of hydrazone groups is 1. The van der Waals surface area contributed by atoms with Crippen LogP contribution in [0, 0.1) is 0 Å². The molecular formula is C18H20N6O3. The molecule has 1 aromatic carbocycles. The van der Waals surface area contributed by atoms with Gasteiger partial charge in [0.25, 0.3) is 5.56 Å². The topological polar surface area (TPSA) is 95.4 Å². The summed E-state index contributed by atoms with van der Waals surface area (Å²) in [6.07, 6.45) is 0. The number of nitrogens with zero attached hydrogens (tertiary/aromatic N) is 5. The van der Waals surface area contributed by atoms with Crippen LogP contribution >= 0.6 is 0 Å². The van der Waals surface area contributed by atoms with E-state index in [4.69, 9.17) is 4.74 Å². The van der Waals surface area contributed by atoms with Gasteiger partial charge in [-0.3, -0.25) is 18.5 Å². The number of methoxy groups -OCH3 is 1. The van der Waals surface area contributed by atoms with Crippen molar-refractivity contribution in [1.29, 1.82) is 0 Å². The molecule has 0 radical (unpaired) electrons. The first-order chi connectivity index (χ1) is 12.9. The van der Waals surface area contributed by atoms with E-state index in [1.54, 1.807) is 18.7 Å². The van der Waals surface area contributed by atoms with Gasteiger partial charge in [-0.1, -0.05) is 12.1 Å². The summed E-state index contributed by atoms with van der Waals surface area (Å²) in [5.74, 6) is 1.12. The molecule has 140 valence electrons. The Labute approximate surface area is 154 Å². The Hall–Kier alpha value is -3.36. The zero-order valence-corrected chi connectivity index (χ0v) is 15.6. The molecule has 0 spiro atoms. The monoisotopic (exact) mass is 368 g/mol. The zero-order valence-electron chi connectivity index (χ0n) is 15.6. The molecule has 0 saturated carbocycles. The third-order valence-electron chi connectivity index (χ3n) is 4.97. The number of aryl methyl sites for hydroxylation is 1. The summed E-state index contributed by atoms with van der Waals surface area (Å²) in [7, 11) is 3.19. The van der Waals surface area contributed by atoms with E-state index in [0.717, 1.165) is 11.3 Å². The summed E-state index contributed by atoms with van der Waals surface area (Å²) in [6, 6.07) is 7.17. The number of ether oxygens (including phenoxy) is 1. The molecule has 0 fully saturated rings. The molecule has 0 amide bonds. The van der Waals surface area contributed by atoms with Crippen molar-refractivity contribution in [2.75, 3.05) is 12.5 Å². The molecule has 0 aliphatic carbocycles. The standard InChI is InChI=1S/C18H20N6O3/c1-10-11(2)24-14-15(19-17(24)21-20-10)22(3)18(26)23(16(14)25)9-12-6-5-7-13(8-12)27-4/h5-8,11H,9H2,1-4H3,(H,19,21). The summed E-state index contributed by atoms with van der Waals surface area (Å²) >= 11 is 0. The minimum Gasteiger partial charge on any atom is -0.497 e. The Morgan fingerprint density at radius 2 is 2.07 bits per heavy atom. The highest BCUT2D eigenvalue weighted by Gasteiger charge is 2.26. The molecule has 2 aromatic heterocycles. The molecule has 3 heterocycles. The lowest BCUT2D eigenvalue weighted by molar-refractivity contribution is 0.414. The van der Waals surface area contributed by atoms with Gasteiger partial charge in [-0.15, -0.1) is 0 Å². The zero-order chi connectivity index (χ0) is 19.3. The summed E-state index contributed by atoms with van der Waals surface area (Å²) in [5.41, 5.74) is 4.40. The highest BCUT2D eigenvalue weighted by Crippen LogP contribution is 2.25. The van der Waals surface area contributed by atoms with Crippen LogP contribution in [0.3, 0.4) is 0 Å². The molecular weight excluding hydrogens is 348 g/mol. The van der Waals surface area contributed by atoms with Gasteiger partial charge in [0.15, 0.2) is 11.2 Å². The lowest BCUT2D eigenvalue weighted by Gasteiger charge is -2.21. The lowest BCUT2D eigenvalue weighted by Crippen LogP contribution is -2.40. The van der Waals surface area contributed by atoms with E-state index in [1.165, 1.54) is 9.13 Å². The van der Waals surface area contributed by atoms with Crippen LogP contribution < -0.4 is 21.4 Å². The fourth-order valence-corrected chi connectivity index (χ4v) is 3.31. The summed E-state index contributed by atoms with van der Waals surface area (Å²) in [6.45, 7) is 3.97. The second-order valence-corrected chi connectivity index (χ2v) is 6.60. The van der Waals surface area contributed by atoms with Gasteiger partial charge < -0.3 is 4.74 Å². The van der Waals surface area contributed by atoms with Crippen LogP contribution in [0.2, 0.25) is 0 Å². The van der Waals surface area contributed by atoms with E-state index in [1.807, 2.05) is 38.1 Å². The molecule has 1 N–H and O–H groups in total. The molecule has 1 aliphatic heterocycles. The largest absolute Gasteiger partial charge is 0.497 e. The third-order valence-corrected chi connectivity index (χ3v) is 4.97. The predicted molar refractivity (Wildman–Crippen MR) is 103 cm³/mol. The van der Waals surface area contributed by atoms with Crippen molar-refractivity contribution in [2.45, 2.75) is 26.4 Å². The van der Waals surface area contributed by atoms with Crippen LogP contribution in [0.15, 0.2) is 39.0 Å². The molecule has 9 heteroatoms. The van der Waals surface area contributed by atoms with Crippen molar-refractivity contribution < 1.29 is 4.74 Å². The van der Waals surface area contributed by atoms with E-state index in [0.29, 0.717) is 22.9 Å². The first-order valence-electron chi connectivity index (χ1n) is 8.57. The predicted octanol–water partition coefficient (Wildman–Crippen LogP) is 1.32. The van der Waals surface area contributed by atoms with Crippen molar-refractivity contribution in [3.05, 3.63) is 50.7 Å². The number of benzene rings is 1. The highest BCUT2D eigenvalue weighted by molar-refractivity contribution is 5.90. The maximum atomic E-state index is 13.2. The Kier molecular flexibility index (Phi) is 3.87. The molecule has 1 aliphatic rings. The highest BCUT2D eigenvalue weighted by atomic mass is 16.5. The molecule has 1 unspecified atom stereocenters. The number of aromatic nitrogens is 4. The molecule has 0 saturated heterocycles. The first kappa shape index (κ1) is 17.1. The van der Waals surface area contributed by atoms with Crippen LogP contribution in [-0.4, -0.2) is 31.5 Å². The molecule has 4 rings (SSSR count). The number of fused-ring (bicyclic) bond motifs is 3. The van der Waals surface area contributed by atoms with Crippen molar-refractivity contribution in [1.82, 2.24) is 18.7 Å².